The molecule has 0 saturated heterocycles. The molecule has 0 aliphatic carbocycles. The maximum absolute atomic E-state index is 12.4. The summed E-state index contributed by atoms with van der Waals surface area (Å²) in [7, 11) is 1.61. The monoisotopic (exact) mass is 538 g/mol. The quantitative estimate of drug-likeness (QED) is 0.319. The lowest BCUT2D eigenvalue weighted by Gasteiger charge is -2.11. The number of halogens is 1. The summed E-state index contributed by atoms with van der Waals surface area (Å²) in [5.74, 6) is 2.17. The maximum atomic E-state index is 12.4. The number of nitrogens with zero attached hydrogens (tertiary/aromatic N) is 3. The van der Waals surface area contributed by atoms with Gasteiger partial charge in [0, 0.05) is 15.8 Å². The Morgan fingerprint density at radius 3 is 2.67 bits per heavy atom. The van der Waals surface area contributed by atoms with Crippen molar-refractivity contribution < 1.29 is 14.3 Å². The van der Waals surface area contributed by atoms with Gasteiger partial charge in [0.2, 0.25) is 5.91 Å². The molecule has 9 heteroatoms. The first-order valence-electron chi connectivity index (χ1n) is 9.38. The second-order valence-electron chi connectivity index (χ2n) is 6.38. The number of nitrogens with one attached hydrogen (secondary N) is 1. The number of rotatable bonds is 9. The molecular formula is C21H23IN4O3S. The van der Waals surface area contributed by atoms with Crippen LogP contribution in [0.4, 0.5) is 5.69 Å². The topological polar surface area (TPSA) is 78.3 Å². The molecule has 1 amide bonds. The molecule has 1 N–H and O–H groups in total. The summed E-state index contributed by atoms with van der Waals surface area (Å²) in [5, 5.41) is 12.1. The lowest BCUT2D eigenvalue weighted by Crippen LogP contribution is -2.15. The van der Waals surface area contributed by atoms with Gasteiger partial charge in [-0.2, -0.15) is 0 Å². The number of para-hydroxylation sites is 2. The lowest BCUT2D eigenvalue weighted by atomic mass is 10.2. The van der Waals surface area contributed by atoms with Crippen molar-refractivity contribution in [3.63, 3.8) is 0 Å². The van der Waals surface area contributed by atoms with Crippen LogP contribution in [0.25, 0.3) is 0 Å². The van der Waals surface area contributed by atoms with Crippen LogP contribution in [0.15, 0.2) is 47.6 Å². The Bertz CT molecular complexity index is 1030. The highest BCUT2D eigenvalue weighted by Crippen LogP contribution is 2.27. The fourth-order valence-electron chi connectivity index (χ4n) is 2.81. The van der Waals surface area contributed by atoms with E-state index in [2.05, 4.69) is 38.1 Å². The molecule has 0 spiro atoms. The lowest BCUT2D eigenvalue weighted by molar-refractivity contribution is -0.113. The Morgan fingerprint density at radius 2 is 1.97 bits per heavy atom. The molecule has 3 aromatic rings. The first-order chi connectivity index (χ1) is 14.5. The van der Waals surface area contributed by atoms with Gasteiger partial charge in [-0.3, -0.25) is 4.79 Å². The number of hydrogen-bond acceptors (Lipinski definition) is 6. The molecule has 0 aliphatic rings. The number of hydrogen-bond donors (Lipinski definition) is 1. The minimum Gasteiger partial charge on any atom is -0.493 e. The van der Waals surface area contributed by atoms with Crippen LogP contribution in [0, 0.1) is 10.5 Å². The van der Waals surface area contributed by atoms with Crippen molar-refractivity contribution >= 4 is 45.9 Å². The summed E-state index contributed by atoms with van der Waals surface area (Å²) in [6, 6.07) is 13.4. The number of carbonyl (C=O) groups excluding carboxylic acids is 1. The van der Waals surface area contributed by atoms with Crippen molar-refractivity contribution in [3.05, 3.63) is 57.4 Å². The molecule has 0 bridgehead atoms. The normalized spacial score (nSPS) is 10.7. The fourth-order valence-corrected chi connectivity index (χ4v) is 4.28. The second-order valence-corrected chi connectivity index (χ2v) is 8.57. The number of carbonyl (C=O) groups is 1. The van der Waals surface area contributed by atoms with Crippen LogP contribution < -0.4 is 14.8 Å². The third-order valence-electron chi connectivity index (χ3n) is 4.33. The standard InChI is InChI=1S/C21H23IN4O3S/c1-4-26-19(12-29-18-8-6-5-7-17(18)28-3)24-25-21(26)30-13-20(27)23-16-10-9-15(22)11-14(16)2/h5-11H,4,12-13H2,1-3H3,(H,23,27). The first-order valence-corrected chi connectivity index (χ1v) is 11.4. The van der Waals surface area contributed by atoms with E-state index in [1.807, 2.05) is 60.9 Å². The number of methoxy groups -OCH3 is 1. The van der Waals surface area contributed by atoms with Gasteiger partial charge in [0.05, 0.1) is 12.9 Å². The Hall–Kier alpha value is -2.27. The number of aromatic nitrogens is 3. The van der Waals surface area contributed by atoms with E-state index in [4.69, 9.17) is 9.47 Å². The number of ether oxygens (including phenoxy) is 2. The van der Waals surface area contributed by atoms with Gasteiger partial charge in [-0.1, -0.05) is 23.9 Å². The van der Waals surface area contributed by atoms with Crippen LogP contribution in [0.2, 0.25) is 0 Å². The van der Waals surface area contributed by atoms with Gasteiger partial charge in [-0.25, -0.2) is 0 Å². The Balaban J connectivity index is 1.60. The zero-order chi connectivity index (χ0) is 21.5. The molecule has 0 radical (unpaired) electrons. The van der Waals surface area contributed by atoms with Crippen LogP contribution in [0.3, 0.4) is 0 Å². The van der Waals surface area contributed by atoms with E-state index < -0.39 is 0 Å². The molecule has 7 nitrogen and oxygen atoms in total. The summed E-state index contributed by atoms with van der Waals surface area (Å²) in [6.07, 6.45) is 0. The summed E-state index contributed by atoms with van der Waals surface area (Å²) in [4.78, 5) is 12.4. The second kappa shape index (κ2) is 10.7. The van der Waals surface area contributed by atoms with Crippen molar-refractivity contribution in [2.45, 2.75) is 32.2 Å². The van der Waals surface area contributed by atoms with E-state index in [0.29, 0.717) is 29.0 Å². The van der Waals surface area contributed by atoms with Gasteiger partial charge in [-0.15, -0.1) is 10.2 Å². The average Bonchev–Trinajstić information content (AvgIpc) is 3.14. The summed E-state index contributed by atoms with van der Waals surface area (Å²) < 4.78 is 14.3. The molecule has 1 heterocycles. The van der Waals surface area contributed by atoms with Crippen LogP contribution in [0.1, 0.15) is 18.3 Å². The van der Waals surface area contributed by atoms with Crippen molar-refractivity contribution in [1.82, 2.24) is 14.8 Å². The molecular weight excluding hydrogens is 515 g/mol. The molecule has 3 rings (SSSR count). The van der Waals surface area contributed by atoms with E-state index in [0.717, 1.165) is 14.8 Å². The Morgan fingerprint density at radius 1 is 1.20 bits per heavy atom. The highest BCUT2D eigenvalue weighted by molar-refractivity contribution is 14.1. The molecule has 0 saturated carbocycles. The van der Waals surface area contributed by atoms with Crippen LogP contribution in [-0.4, -0.2) is 33.5 Å². The first kappa shape index (κ1) is 22.4. The SMILES string of the molecule is CCn1c(COc2ccccc2OC)nnc1SCC(=O)Nc1ccc(I)cc1C. The van der Waals surface area contributed by atoms with Crippen LogP contribution in [-0.2, 0) is 17.9 Å². The average molecular weight is 538 g/mol. The summed E-state index contributed by atoms with van der Waals surface area (Å²) in [5.41, 5.74) is 1.86. The molecule has 2 aromatic carbocycles. The number of benzene rings is 2. The number of amides is 1. The predicted molar refractivity (Wildman–Crippen MR) is 126 cm³/mol. The highest BCUT2D eigenvalue weighted by Gasteiger charge is 2.15. The van der Waals surface area contributed by atoms with E-state index >= 15 is 0 Å². The molecule has 0 unspecified atom stereocenters. The number of anilines is 1. The summed E-state index contributed by atoms with van der Waals surface area (Å²) >= 11 is 3.61. The minimum absolute atomic E-state index is 0.0817. The zero-order valence-corrected chi connectivity index (χ0v) is 20.0. The molecule has 0 fully saturated rings. The van der Waals surface area contributed by atoms with Crippen molar-refractivity contribution in [1.29, 1.82) is 0 Å². The Labute approximate surface area is 193 Å². The van der Waals surface area contributed by atoms with Crippen LogP contribution in [0.5, 0.6) is 11.5 Å². The van der Waals surface area contributed by atoms with Gasteiger partial charge in [0.15, 0.2) is 22.5 Å². The molecule has 30 heavy (non-hydrogen) atoms. The number of thioether (sulfide) groups is 1. The molecule has 1 aromatic heterocycles. The van der Waals surface area contributed by atoms with E-state index in [1.165, 1.54) is 11.8 Å². The maximum Gasteiger partial charge on any atom is 0.234 e. The molecule has 158 valence electrons. The zero-order valence-electron chi connectivity index (χ0n) is 17.0. The van der Waals surface area contributed by atoms with Gasteiger partial charge in [-0.05, 0) is 72.3 Å². The predicted octanol–water partition coefficient (Wildman–Crippen LogP) is 4.53. The fraction of sp³-hybridized carbons (Fsp3) is 0.286. The molecule has 0 aliphatic heterocycles. The van der Waals surface area contributed by atoms with E-state index in [1.54, 1.807) is 7.11 Å². The van der Waals surface area contributed by atoms with E-state index in [9.17, 15) is 4.79 Å². The summed E-state index contributed by atoms with van der Waals surface area (Å²) in [6.45, 7) is 4.93. The van der Waals surface area contributed by atoms with Crippen molar-refractivity contribution in [2.24, 2.45) is 0 Å². The molecule has 0 atom stereocenters. The number of aryl methyl sites for hydroxylation is 1. The van der Waals surface area contributed by atoms with Crippen LogP contribution >= 0.6 is 34.4 Å². The van der Waals surface area contributed by atoms with Gasteiger partial charge >= 0.3 is 0 Å². The largest absolute Gasteiger partial charge is 0.493 e. The van der Waals surface area contributed by atoms with Gasteiger partial charge < -0.3 is 19.4 Å². The highest BCUT2D eigenvalue weighted by atomic mass is 127. The Kier molecular flexibility index (Phi) is 7.97. The van der Waals surface area contributed by atoms with E-state index in [-0.39, 0.29) is 18.3 Å². The van der Waals surface area contributed by atoms with Gasteiger partial charge in [0.1, 0.15) is 6.61 Å². The smallest absolute Gasteiger partial charge is 0.234 e. The minimum atomic E-state index is -0.0817. The van der Waals surface area contributed by atoms with Crippen molar-refractivity contribution in [2.75, 3.05) is 18.2 Å². The van der Waals surface area contributed by atoms with Gasteiger partial charge in [0.25, 0.3) is 0 Å². The van der Waals surface area contributed by atoms with Crippen molar-refractivity contribution in [3.8, 4) is 11.5 Å². The third-order valence-corrected chi connectivity index (χ3v) is 5.97. The third kappa shape index (κ3) is 5.66.